The Kier molecular flexibility index (Phi) is 8.52. The van der Waals surface area contributed by atoms with Crippen molar-refractivity contribution >= 4 is 39.2 Å². The molecular weight excluding hydrogens is 659 g/mol. The average molecular weight is 686 g/mol. The van der Waals surface area contributed by atoms with Gasteiger partial charge in [-0.2, -0.15) is 13.2 Å². The molecule has 2 aliphatic carbocycles. The fourth-order valence-electron chi connectivity index (χ4n) is 6.07. The van der Waals surface area contributed by atoms with E-state index in [0.717, 1.165) is 0 Å². The van der Waals surface area contributed by atoms with Gasteiger partial charge in [-0.1, -0.05) is 28.1 Å². The number of carbonyl (C=O) groups is 4. The molecular formula is C29H27BrF3NO10. The first-order chi connectivity index (χ1) is 20.7. The van der Waals surface area contributed by atoms with E-state index in [-0.39, 0.29) is 52.0 Å². The number of alkyl halides is 4. The number of ketones is 3. The van der Waals surface area contributed by atoms with Crippen molar-refractivity contribution in [3.05, 3.63) is 51.6 Å². The van der Waals surface area contributed by atoms with Crippen molar-refractivity contribution in [1.29, 1.82) is 0 Å². The summed E-state index contributed by atoms with van der Waals surface area (Å²) in [5.74, 6) is -6.17. The molecule has 0 radical (unpaired) electrons. The van der Waals surface area contributed by atoms with Crippen LogP contribution < -0.4 is 10.1 Å². The number of benzene rings is 2. The van der Waals surface area contributed by atoms with E-state index in [9.17, 15) is 47.7 Å². The Bertz CT molecular complexity index is 1560. The first-order valence-corrected chi connectivity index (χ1v) is 14.6. The zero-order valence-electron chi connectivity index (χ0n) is 23.2. The van der Waals surface area contributed by atoms with E-state index in [2.05, 4.69) is 15.9 Å². The Morgan fingerprint density at radius 1 is 1.09 bits per heavy atom. The van der Waals surface area contributed by atoms with Crippen LogP contribution in [0.2, 0.25) is 0 Å². The summed E-state index contributed by atoms with van der Waals surface area (Å²) >= 11 is 3.11. The predicted octanol–water partition coefficient (Wildman–Crippen LogP) is 3.01. The minimum absolute atomic E-state index is 0.0184. The van der Waals surface area contributed by atoms with E-state index in [1.54, 1.807) is 5.32 Å². The number of aliphatic hydroxyl groups is 1. The van der Waals surface area contributed by atoms with E-state index < -0.39 is 89.3 Å². The van der Waals surface area contributed by atoms with Crippen LogP contribution in [-0.4, -0.2) is 81.7 Å². The number of hydrogen-bond acceptors (Lipinski definition) is 10. The number of nitrogens with one attached hydrogen (secondary N) is 1. The molecule has 236 valence electrons. The van der Waals surface area contributed by atoms with Gasteiger partial charge in [-0.25, -0.2) is 0 Å². The van der Waals surface area contributed by atoms with Crippen LogP contribution in [-0.2, 0) is 25.5 Å². The molecule has 1 saturated heterocycles. The molecule has 5 rings (SSSR count). The van der Waals surface area contributed by atoms with Gasteiger partial charge in [0, 0.05) is 29.0 Å². The van der Waals surface area contributed by atoms with E-state index in [1.807, 2.05) is 0 Å². The number of phenolic OH excluding ortho intramolecular Hbond substituents is 2. The van der Waals surface area contributed by atoms with Gasteiger partial charge >= 0.3 is 12.1 Å². The molecule has 15 heteroatoms. The van der Waals surface area contributed by atoms with Crippen molar-refractivity contribution in [3.63, 3.8) is 0 Å². The Balaban J connectivity index is 1.58. The van der Waals surface area contributed by atoms with E-state index in [0.29, 0.717) is 0 Å². The highest BCUT2D eigenvalue weighted by Crippen LogP contribution is 2.51. The number of phenols is 2. The van der Waals surface area contributed by atoms with Gasteiger partial charge in [0.15, 0.2) is 12.1 Å². The van der Waals surface area contributed by atoms with E-state index in [1.165, 1.54) is 32.2 Å². The zero-order chi connectivity index (χ0) is 32.2. The summed E-state index contributed by atoms with van der Waals surface area (Å²) in [6.45, 7) is 1.35. The number of hydrogen-bond donors (Lipinski definition) is 4. The summed E-state index contributed by atoms with van der Waals surface area (Å²) in [6, 6.07) is 2.89. The van der Waals surface area contributed by atoms with Crippen LogP contribution in [0.4, 0.5) is 13.2 Å². The lowest BCUT2D eigenvalue weighted by Crippen LogP contribution is -2.57. The molecule has 11 nitrogen and oxygen atoms in total. The van der Waals surface area contributed by atoms with Crippen molar-refractivity contribution in [2.24, 2.45) is 5.92 Å². The van der Waals surface area contributed by atoms with Crippen molar-refractivity contribution in [2.75, 3.05) is 12.4 Å². The van der Waals surface area contributed by atoms with Crippen LogP contribution >= 0.6 is 15.9 Å². The van der Waals surface area contributed by atoms with Crippen molar-refractivity contribution in [2.45, 2.75) is 63.0 Å². The van der Waals surface area contributed by atoms with E-state index in [4.69, 9.17) is 14.2 Å². The standard InChI is InChI=1S/C29H27BrF3NO10/c1-10-23(36)14(34-28(41)29(31,32)33)8-18(43-10)44-17-7-11(15(35)9-30)6-13-20(17)27(40)22-21(25(13)38)24(37)12-4-3-5-16(42-2)19(12)26(22)39/h3-5,10-11,14,17-18,23,36,38,40H,6-9H2,1-2H3,(H,34,41)/t10-,11+,14-,17-,18-,23+/m0/s1. The van der Waals surface area contributed by atoms with Gasteiger partial charge in [0.05, 0.1) is 47.4 Å². The van der Waals surface area contributed by atoms with Gasteiger partial charge in [0.1, 0.15) is 29.1 Å². The SMILES string of the molecule is COc1cccc2c1C(=O)c1c(O)c3c(c(O)c1C2=O)C[C@@H](C(=O)CBr)C[C@@H]3O[C@H]1C[C@H](NC(=O)C(F)(F)F)[C@H](O)[C@H](C)O1. The largest absolute Gasteiger partial charge is 0.507 e. The lowest BCUT2D eigenvalue weighted by molar-refractivity contribution is -0.247. The molecule has 1 fully saturated rings. The monoisotopic (exact) mass is 685 g/mol. The van der Waals surface area contributed by atoms with Gasteiger partial charge in [0.2, 0.25) is 5.78 Å². The number of carbonyl (C=O) groups excluding carboxylic acids is 4. The quantitative estimate of drug-likeness (QED) is 0.224. The molecule has 4 N–H and O–H groups in total. The molecule has 1 aliphatic heterocycles. The summed E-state index contributed by atoms with van der Waals surface area (Å²) < 4.78 is 55.8. The third-order valence-electron chi connectivity index (χ3n) is 8.22. The molecule has 1 heterocycles. The van der Waals surface area contributed by atoms with E-state index >= 15 is 0 Å². The number of fused-ring (bicyclic) bond motifs is 3. The fraction of sp³-hybridized carbons (Fsp3) is 0.448. The number of halogens is 4. The summed E-state index contributed by atoms with van der Waals surface area (Å²) in [5.41, 5.74) is -1.23. The molecule has 1 amide bonds. The summed E-state index contributed by atoms with van der Waals surface area (Å²) in [7, 11) is 1.30. The molecule has 0 unspecified atom stereocenters. The molecule has 3 aliphatic rings. The molecule has 44 heavy (non-hydrogen) atoms. The van der Waals surface area contributed by atoms with Gasteiger partial charge in [-0.05, 0) is 25.8 Å². The number of amides is 1. The van der Waals surface area contributed by atoms with Crippen LogP contribution in [0, 0.1) is 5.92 Å². The van der Waals surface area contributed by atoms with Crippen LogP contribution in [0.1, 0.15) is 68.8 Å². The van der Waals surface area contributed by atoms with Gasteiger partial charge in [-0.3, -0.25) is 19.2 Å². The number of aliphatic hydroxyl groups excluding tert-OH is 1. The highest BCUT2D eigenvalue weighted by atomic mass is 79.9. The topological polar surface area (TPSA) is 169 Å². The highest BCUT2D eigenvalue weighted by Gasteiger charge is 2.47. The number of aromatic hydroxyl groups is 2. The zero-order valence-corrected chi connectivity index (χ0v) is 24.8. The molecule has 0 saturated carbocycles. The summed E-state index contributed by atoms with van der Waals surface area (Å²) in [6.07, 6.45) is -11.1. The van der Waals surface area contributed by atoms with Gasteiger partial charge < -0.3 is 34.8 Å². The summed E-state index contributed by atoms with van der Waals surface area (Å²) in [5, 5.41) is 35.0. The second-order valence-electron chi connectivity index (χ2n) is 10.8. The number of Topliss-reactive ketones (excluding diaryl/α,β-unsaturated/α-hetero) is 1. The molecule has 2 aromatic rings. The molecule has 0 spiro atoms. The van der Waals surface area contributed by atoms with Gasteiger partial charge in [-0.15, -0.1) is 0 Å². The Morgan fingerprint density at radius 3 is 2.41 bits per heavy atom. The predicted molar refractivity (Wildman–Crippen MR) is 147 cm³/mol. The molecule has 2 aromatic carbocycles. The highest BCUT2D eigenvalue weighted by molar-refractivity contribution is 9.09. The second kappa shape index (κ2) is 11.8. The first-order valence-electron chi connectivity index (χ1n) is 13.5. The maximum Gasteiger partial charge on any atom is 0.471 e. The second-order valence-corrected chi connectivity index (χ2v) is 11.4. The normalized spacial score (nSPS) is 26.3. The lowest BCUT2D eigenvalue weighted by Gasteiger charge is -2.41. The third kappa shape index (κ3) is 5.35. The maximum absolute atomic E-state index is 13.7. The molecule has 0 bridgehead atoms. The molecule has 6 atom stereocenters. The van der Waals surface area contributed by atoms with Crippen LogP contribution in [0.5, 0.6) is 17.2 Å². The minimum Gasteiger partial charge on any atom is -0.507 e. The maximum atomic E-state index is 13.7. The minimum atomic E-state index is -5.21. The number of ether oxygens (including phenoxy) is 3. The fourth-order valence-corrected chi connectivity index (χ4v) is 6.53. The van der Waals surface area contributed by atoms with Crippen LogP contribution in [0.25, 0.3) is 0 Å². The van der Waals surface area contributed by atoms with Gasteiger partial charge in [0.25, 0.3) is 0 Å². The third-order valence-corrected chi connectivity index (χ3v) is 8.77. The van der Waals surface area contributed by atoms with Crippen molar-refractivity contribution < 1.29 is 61.9 Å². The Morgan fingerprint density at radius 2 is 1.77 bits per heavy atom. The van der Waals surface area contributed by atoms with Crippen molar-refractivity contribution in [3.8, 4) is 17.2 Å². The summed E-state index contributed by atoms with van der Waals surface area (Å²) in [4.78, 5) is 51.7. The van der Waals surface area contributed by atoms with Crippen LogP contribution in [0.3, 0.4) is 0 Å². The lowest BCUT2D eigenvalue weighted by atomic mass is 9.74. The Labute approximate surface area is 256 Å². The molecule has 0 aromatic heterocycles. The van der Waals surface area contributed by atoms with Crippen LogP contribution in [0.15, 0.2) is 18.2 Å². The first kappa shape index (κ1) is 31.9. The number of rotatable bonds is 6. The smallest absolute Gasteiger partial charge is 0.471 e. The van der Waals surface area contributed by atoms with Crippen molar-refractivity contribution in [1.82, 2.24) is 5.32 Å². The average Bonchev–Trinajstić information content (AvgIpc) is 2.98. The number of methoxy groups -OCH3 is 1. The Hall–Kier alpha value is -3.53.